The van der Waals surface area contributed by atoms with E-state index in [1.165, 1.54) is 11.3 Å². The van der Waals surface area contributed by atoms with Crippen molar-refractivity contribution in [3.63, 3.8) is 0 Å². The van der Waals surface area contributed by atoms with Crippen molar-refractivity contribution < 1.29 is 9.53 Å². The standard InChI is InChI=1S/C21H22N2O2/c1-2-25-21(24)12-17(15-8-7-14-9-10-22-20(14)11-15)18-13-23-19-6-4-3-5-16(18)19/h3-8,11,13,17,22-23H,2,9-10,12H2,1H3. The zero-order valence-electron chi connectivity index (χ0n) is 14.3. The number of aromatic amines is 1. The number of anilines is 1. The van der Waals surface area contributed by atoms with Gasteiger partial charge in [-0.2, -0.15) is 0 Å². The highest BCUT2D eigenvalue weighted by atomic mass is 16.5. The van der Waals surface area contributed by atoms with Gasteiger partial charge in [-0.3, -0.25) is 4.79 Å². The van der Waals surface area contributed by atoms with Crippen molar-refractivity contribution in [3.8, 4) is 0 Å². The van der Waals surface area contributed by atoms with Crippen molar-refractivity contribution in [1.82, 2.24) is 4.98 Å². The third-order valence-electron chi connectivity index (χ3n) is 4.92. The number of para-hydroxylation sites is 1. The van der Waals surface area contributed by atoms with Gasteiger partial charge in [0.05, 0.1) is 13.0 Å². The summed E-state index contributed by atoms with van der Waals surface area (Å²) in [6, 6.07) is 14.7. The fourth-order valence-electron chi connectivity index (χ4n) is 3.70. The number of carbonyl (C=O) groups is 1. The maximum Gasteiger partial charge on any atom is 0.306 e. The van der Waals surface area contributed by atoms with Gasteiger partial charge in [-0.1, -0.05) is 30.3 Å². The number of hydrogen-bond donors (Lipinski definition) is 2. The van der Waals surface area contributed by atoms with E-state index in [4.69, 9.17) is 4.74 Å². The van der Waals surface area contributed by atoms with E-state index in [2.05, 4.69) is 40.6 Å². The summed E-state index contributed by atoms with van der Waals surface area (Å²) >= 11 is 0. The predicted octanol–water partition coefficient (Wildman–Crippen LogP) is 4.22. The first kappa shape index (κ1) is 15.8. The van der Waals surface area contributed by atoms with Gasteiger partial charge >= 0.3 is 5.97 Å². The van der Waals surface area contributed by atoms with Gasteiger partial charge in [-0.25, -0.2) is 0 Å². The molecule has 1 unspecified atom stereocenters. The Morgan fingerprint density at radius 3 is 3.00 bits per heavy atom. The molecule has 25 heavy (non-hydrogen) atoms. The van der Waals surface area contributed by atoms with Crippen LogP contribution >= 0.6 is 0 Å². The van der Waals surface area contributed by atoms with Gasteiger partial charge < -0.3 is 15.0 Å². The summed E-state index contributed by atoms with van der Waals surface area (Å²) in [4.78, 5) is 15.6. The minimum Gasteiger partial charge on any atom is -0.466 e. The molecule has 0 radical (unpaired) electrons. The average Bonchev–Trinajstić information content (AvgIpc) is 3.26. The number of esters is 1. The molecule has 1 aliphatic rings. The molecule has 128 valence electrons. The van der Waals surface area contributed by atoms with E-state index < -0.39 is 0 Å². The number of benzene rings is 2. The van der Waals surface area contributed by atoms with Crippen LogP contribution in [0.4, 0.5) is 5.69 Å². The zero-order chi connectivity index (χ0) is 17.2. The van der Waals surface area contributed by atoms with Gasteiger partial charge in [-0.15, -0.1) is 0 Å². The topological polar surface area (TPSA) is 54.1 Å². The predicted molar refractivity (Wildman–Crippen MR) is 100 cm³/mol. The summed E-state index contributed by atoms with van der Waals surface area (Å²) in [6.45, 7) is 3.23. The van der Waals surface area contributed by atoms with Crippen LogP contribution in [-0.2, 0) is 16.0 Å². The molecule has 2 heterocycles. The highest BCUT2D eigenvalue weighted by Crippen LogP contribution is 2.36. The molecule has 1 aromatic heterocycles. The van der Waals surface area contributed by atoms with Crippen molar-refractivity contribution >= 4 is 22.6 Å². The van der Waals surface area contributed by atoms with Crippen LogP contribution in [0.15, 0.2) is 48.7 Å². The summed E-state index contributed by atoms with van der Waals surface area (Å²) in [6.07, 6.45) is 3.43. The lowest BCUT2D eigenvalue weighted by atomic mass is 9.87. The Bertz CT molecular complexity index is 913. The van der Waals surface area contributed by atoms with E-state index in [0.717, 1.165) is 35.0 Å². The lowest BCUT2D eigenvalue weighted by molar-refractivity contribution is -0.143. The van der Waals surface area contributed by atoms with E-state index in [1.54, 1.807) is 0 Å². The number of hydrogen-bond acceptors (Lipinski definition) is 3. The maximum absolute atomic E-state index is 12.2. The van der Waals surface area contributed by atoms with Crippen molar-refractivity contribution in [2.75, 3.05) is 18.5 Å². The van der Waals surface area contributed by atoms with Crippen LogP contribution < -0.4 is 5.32 Å². The Kier molecular flexibility index (Phi) is 4.18. The summed E-state index contributed by atoms with van der Waals surface area (Å²) in [5.74, 6) is -0.186. The van der Waals surface area contributed by atoms with Gasteiger partial charge in [0.1, 0.15) is 0 Å². The number of nitrogens with one attached hydrogen (secondary N) is 2. The van der Waals surface area contributed by atoms with Crippen LogP contribution in [0.2, 0.25) is 0 Å². The quantitative estimate of drug-likeness (QED) is 0.687. The monoisotopic (exact) mass is 334 g/mol. The second-order valence-electron chi connectivity index (χ2n) is 6.44. The molecule has 0 aliphatic carbocycles. The third-order valence-corrected chi connectivity index (χ3v) is 4.92. The number of ether oxygens (including phenoxy) is 1. The van der Waals surface area contributed by atoms with Gasteiger partial charge in [0.25, 0.3) is 0 Å². The minimum atomic E-state index is -0.161. The van der Waals surface area contributed by atoms with Crippen molar-refractivity contribution in [2.24, 2.45) is 0 Å². The highest BCUT2D eigenvalue weighted by molar-refractivity contribution is 5.85. The smallest absolute Gasteiger partial charge is 0.306 e. The first-order valence-corrected chi connectivity index (χ1v) is 8.84. The van der Waals surface area contributed by atoms with E-state index in [9.17, 15) is 4.79 Å². The molecule has 0 saturated heterocycles. The molecule has 2 aromatic carbocycles. The Morgan fingerprint density at radius 1 is 1.24 bits per heavy atom. The Labute approximate surface area is 147 Å². The first-order chi connectivity index (χ1) is 12.3. The van der Waals surface area contributed by atoms with E-state index in [1.807, 2.05) is 25.3 Å². The van der Waals surface area contributed by atoms with Crippen LogP contribution in [0.5, 0.6) is 0 Å². The molecule has 1 atom stereocenters. The number of H-pyrrole nitrogens is 1. The molecule has 0 saturated carbocycles. The maximum atomic E-state index is 12.2. The SMILES string of the molecule is CCOC(=O)CC(c1ccc2c(c1)NCC2)c1c[nH]c2ccccc12. The molecule has 0 amide bonds. The van der Waals surface area contributed by atoms with Crippen molar-refractivity contribution in [2.45, 2.75) is 25.7 Å². The van der Waals surface area contributed by atoms with Crippen LogP contribution in [0.1, 0.15) is 36.0 Å². The van der Waals surface area contributed by atoms with Crippen molar-refractivity contribution in [1.29, 1.82) is 0 Å². The van der Waals surface area contributed by atoms with Crippen molar-refractivity contribution in [3.05, 3.63) is 65.4 Å². The van der Waals surface area contributed by atoms with Crippen LogP contribution in [0.25, 0.3) is 10.9 Å². The van der Waals surface area contributed by atoms with Gasteiger partial charge in [0.15, 0.2) is 0 Å². The average molecular weight is 334 g/mol. The summed E-state index contributed by atoms with van der Waals surface area (Å²) < 4.78 is 5.23. The highest BCUT2D eigenvalue weighted by Gasteiger charge is 2.23. The second-order valence-corrected chi connectivity index (χ2v) is 6.44. The molecule has 0 bridgehead atoms. The van der Waals surface area contributed by atoms with Gasteiger partial charge in [0, 0.05) is 35.2 Å². The molecule has 2 N–H and O–H groups in total. The Balaban J connectivity index is 1.77. The second kappa shape index (κ2) is 6.63. The first-order valence-electron chi connectivity index (χ1n) is 8.84. The molecule has 0 spiro atoms. The van der Waals surface area contributed by atoms with Gasteiger partial charge in [-0.05, 0) is 42.2 Å². The molecule has 0 fully saturated rings. The van der Waals surface area contributed by atoms with Gasteiger partial charge in [0.2, 0.25) is 0 Å². The zero-order valence-corrected chi connectivity index (χ0v) is 14.3. The normalized spacial score (nSPS) is 14.1. The third kappa shape index (κ3) is 3.00. The lowest BCUT2D eigenvalue weighted by Gasteiger charge is -2.18. The fourth-order valence-corrected chi connectivity index (χ4v) is 3.70. The number of aromatic nitrogens is 1. The van der Waals surface area contributed by atoms with Crippen LogP contribution in [-0.4, -0.2) is 24.1 Å². The Hall–Kier alpha value is -2.75. The molecular weight excluding hydrogens is 312 g/mol. The fraction of sp³-hybridized carbons (Fsp3) is 0.286. The molecule has 3 aromatic rings. The molecule has 1 aliphatic heterocycles. The number of rotatable bonds is 5. The van der Waals surface area contributed by atoms with Crippen LogP contribution in [0, 0.1) is 0 Å². The summed E-state index contributed by atoms with van der Waals surface area (Å²) in [7, 11) is 0. The molecular formula is C21H22N2O2. The minimum absolute atomic E-state index is 0.0251. The van der Waals surface area contributed by atoms with E-state index in [0.29, 0.717) is 13.0 Å². The molecule has 4 nitrogen and oxygen atoms in total. The number of fused-ring (bicyclic) bond motifs is 2. The largest absolute Gasteiger partial charge is 0.466 e. The number of carbonyl (C=O) groups excluding carboxylic acids is 1. The lowest BCUT2D eigenvalue weighted by Crippen LogP contribution is -2.11. The summed E-state index contributed by atoms with van der Waals surface area (Å²) in [5.41, 5.74) is 5.90. The summed E-state index contributed by atoms with van der Waals surface area (Å²) in [5, 5.41) is 4.59. The Morgan fingerprint density at radius 2 is 2.12 bits per heavy atom. The van der Waals surface area contributed by atoms with Crippen LogP contribution in [0.3, 0.4) is 0 Å². The molecule has 4 heteroatoms. The van der Waals surface area contributed by atoms with E-state index in [-0.39, 0.29) is 11.9 Å². The molecule has 4 rings (SSSR count). The van der Waals surface area contributed by atoms with E-state index >= 15 is 0 Å².